The Labute approximate surface area is 161 Å². The van der Waals surface area contributed by atoms with Crippen LogP contribution in [0.5, 0.6) is 11.5 Å². The minimum Gasteiger partial charge on any atom is -0.493 e. The highest BCUT2D eigenvalue weighted by Gasteiger charge is 2.31. The number of methoxy groups -OCH3 is 1. The standard InChI is InChI=1S/C18H19F3N2O3.ClH/c1-3-26-15-5-4-12(8-16(15)25-2)17(24)23-14-7-11(10-22)6-13(9-14)18(19,20)21;/h4-9H,3,10,22H2,1-2H3,(H,23,24);1H. The van der Waals surface area contributed by atoms with Gasteiger partial charge in [-0.2, -0.15) is 13.2 Å². The highest BCUT2D eigenvalue weighted by atomic mass is 35.5. The van der Waals surface area contributed by atoms with E-state index in [1.807, 2.05) is 6.92 Å². The van der Waals surface area contributed by atoms with Crippen LogP contribution in [0.4, 0.5) is 18.9 Å². The molecular weight excluding hydrogens is 385 g/mol. The number of hydrogen-bond acceptors (Lipinski definition) is 4. The van der Waals surface area contributed by atoms with Gasteiger partial charge in [-0.3, -0.25) is 4.79 Å². The summed E-state index contributed by atoms with van der Waals surface area (Å²) in [6.45, 7) is 2.15. The zero-order valence-corrected chi connectivity index (χ0v) is 15.5. The molecule has 0 aliphatic rings. The van der Waals surface area contributed by atoms with Crippen molar-refractivity contribution in [3.63, 3.8) is 0 Å². The van der Waals surface area contributed by atoms with Crippen LogP contribution in [0, 0.1) is 0 Å². The van der Waals surface area contributed by atoms with Crippen LogP contribution in [0.25, 0.3) is 0 Å². The summed E-state index contributed by atoms with van der Waals surface area (Å²) in [5, 5.41) is 2.46. The molecule has 0 saturated heterocycles. The van der Waals surface area contributed by atoms with Crippen molar-refractivity contribution in [1.29, 1.82) is 0 Å². The topological polar surface area (TPSA) is 73.6 Å². The number of benzene rings is 2. The van der Waals surface area contributed by atoms with E-state index in [4.69, 9.17) is 15.2 Å². The maximum atomic E-state index is 13.0. The molecule has 3 N–H and O–H groups in total. The van der Waals surface area contributed by atoms with E-state index in [0.717, 1.165) is 12.1 Å². The number of rotatable bonds is 6. The first-order valence-corrected chi connectivity index (χ1v) is 7.82. The third-order valence-corrected chi connectivity index (χ3v) is 3.54. The molecule has 0 bridgehead atoms. The zero-order valence-electron chi connectivity index (χ0n) is 14.7. The molecule has 1 amide bonds. The summed E-state index contributed by atoms with van der Waals surface area (Å²) < 4.78 is 49.5. The predicted molar refractivity (Wildman–Crippen MR) is 98.7 cm³/mol. The summed E-state index contributed by atoms with van der Waals surface area (Å²) in [5.74, 6) is 0.246. The monoisotopic (exact) mass is 404 g/mol. The van der Waals surface area contributed by atoms with Gasteiger partial charge in [-0.1, -0.05) is 0 Å². The molecule has 0 aliphatic carbocycles. The molecule has 0 aliphatic heterocycles. The Kier molecular flexibility index (Phi) is 7.93. The van der Waals surface area contributed by atoms with Crippen molar-refractivity contribution >= 4 is 24.0 Å². The maximum absolute atomic E-state index is 13.0. The van der Waals surface area contributed by atoms with Crippen LogP contribution in [-0.4, -0.2) is 19.6 Å². The molecule has 148 valence electrons. The second-order valence-corrected chi connectivity index (χ2v) is 5.37. The van der Waals surface area contributed by atoms with Crippen LogP contribution in [0.3, 0.4) is 0 Å². The third kappa shape index (κ3) is 5.77. The Morgan fingerprint density at radius 3 is 2.41 bits per heavy atom. The third-order valence-electron chi connectivity index (χ3n) is 3.54. The Bertz CT molecular complexity index is 798. The van der Waals surface area contributed by atoms with E-state index in [2.05, 4.69) is 5.32 Å². The Morgan fingerprint density at radius 2 is 1.85 bits per heavy atom. The van der Waals surface area contributed by atoms with Crippen LogP contribution >= 0.6 is 12.4 Å². The Balaban J connectivity index is 0.00000364. The lowest BCUT2D eigenvalue weighted by atomic mass is 10.1. The molecule has 0 unspecified atom stereocenters. The lowest BCUT2D eigenvalue weighted by molar-refractivity contribution is -0.137. The highest BCUT2D eigenvalue weighted by molar-refractivity contribution is 6.04. The first-order chi connectivity index (χ1) is 12.3. The molecule has 2 aromatic rings. The van der Waals surface area contributed by atoms with Crippen molar-refractivity contribution in [2.24, 2.45) is 5.73 Å². The molecule has 9 heteroatoms. The van der Waals surface area contributed by atoms with E-state index in [9.17, 15) is 18.0 Å². The maximum Gasteiger partial charge on any atom is 0.416 e. The molecule has 2 rings (SSSR count). The zero-order chi connectivity index (χ0) is 19.3. The lowest BCUT2D eigenvalue weighted by Gasteiger charge is -2.13. The highest BCUT2D eigenvalue weighted by Crippen LogP contribution is 2.32. The number of carbonyl (C=O) groups is 1. The van der Waals surface area contributed by atoms with E-state index >= 15 is 0 Å². The fraction of sp³-hybridized carbons (Fsp3) is 0.278. The van der Waals surface area contributed by atoms with Gasteiger partial charge in [0.15, 0.2) is 11.5 Å². The number of carbonyl (C=O) groups excluding carboxylic acids is 1. The van der Waals surface area contributed by atoms with Crippen molar-refractivity contribution in [2.75, 3.05) is 19.0 Å². The van der Waals surface area contributed by atoms with Crippen molar-refractivity contribution in [3.05, 3.63) is 53.1 Å². The SMILES string of the molecule is CCOc1ccc(C(=O)Nc2cc(CN)cc(C(F)(F)F)c2)cc1OC.Cl. The number of nitrogens with one attached hydrogen (secondary N) is 1. The van der Waals surface area contributed by atoms with Crippen molar-refractivity contribution < 1.29 is 27.4 Å². The molecule has 0 fully saturated rings. The van der Waals surface area contributed by atoms with Gasteiger partial charge in [0.2, 0.25) is 0 Å². The van der Waals surface area contributed by atoms with Crippen LogP contribution in [0.15, 0.2) is 36.4 Å². The predicted octanol–water partition coefficient (Wildman–Crippen LogP) is 4.25. The second-order valence-electron chi connectivity index (χ2n) is 5.37. The molecule has 0 spiro atoms. The van der Waals surface area contributed by atoms with E-state index in [0.29, 0.717) is 18.1 Å². The minimum absolute atomic E-state index is 0. The largest absolute Gasteiger partial charge is 0.493 e. The number of hydrogen-bond donors (Lipinski definition) is 2. The summed E-state index contributed by atoms with van der Waals surface area (Å²) in [6.07, 6.45) is -4.53. The normalized spacial score (nSPS) is 10.7. The van der Waals surface area contributed by atoms with Gasteiger partial charge in [0.1, 0.15) is 0 Å². The molecule has 0 aromatic heterocycles. The molecule has 5 nitrogen and oxygen atoms in total. The molecule has 2 aromatic carbocycles. The quantitative estimate of drug-likeness (QED) is 0.755. The van der Waals surface area contributed by atoms with E-state index in [-0.39, 0.29) is 35.8 Å². The van der Waals surface area contributed by atoms with Crippen molar-refractivity contribution in [2.45, 2.75) is 19.6 Å². The summed E-state index contributed by atoms with van der Waals surface area (Å²) in [7, 11) is 1.43. The van der Waals surface area contributed by atoms with Gasteiger partial charge in [-0.25, -0.2) is 0 Å². The number of amides is 1. The number of halogens is 4. The number of anilines is 1. The van der Waals surface area contributed by atoms with Gasteiger partial charge < -0.3 is 20.5 Å². The van der Waals surface area contributed by atoms with Gasteiger partial charge >= 0.3 is 6.18 Å². The molecule has 0 heterocycles. The van der Waals surface area contributed by atoms with Gasteiger partial charge in [-0.05, 0) is 48.9 Å². The number of alkyl halides is 3. The van der Waals surface area contributed by atoms with E-state index < -0.39 is 17.6 Å². The van der Waals surface area contributed by atoms with Gasteiger partial charge in [0.25, 0.3) is 5.91 Å². The summed E-state index contributed by atoms with van der Waals surface area (Å²) in [6, 6.07) is 7.74. The van der Waals surface area contributed by atoms with Crippen LogP contribution in [0.1, 0.15) is 28.4 Å². The Morgan fingerprint density at radius 1 is 1.15 bits per heavy atom. The number of ether oxygens (including phenoxy) is 2. The fourth-order valence-electron chi connectivity index (χ4n) is 2.33. The summed E-state index contributed by atoms with van der Waals surface area (Å²) >= 11 is 0. The van der Waals surface area contributed by atoms with E-state index in [1.54, 1.807) is 6.07 Å². The summed E-state index contributed by atoms with van der Waals surface area (Å²) in [5.41, 5.74) is 5.07. The van der Waals surface area contributed by atoms with Crippen molar-refractivity contribution in [1.82, 2.24) is 0 Å². The Hall–Kier alpha value is -2.45. The first-order valence-electron chi connectivity index (χ1n) is 7.82. The molecule has 27 heavy (non-hydrogen) atoms. The van der Waals surface area contributed by atoms with Crippen LogP contribution in [-0.2, 0) is 12.7 Å². The second kappa shape index (κ2) is 9.48. The summed E-state index contributed by atoms with van der Waals surface area (Å²) in [4.78, 5) is 12.4. The molecule has 0 atom stereocenters. The molecule has 0 saturated carbocycles. The molecular formula is C18H20ClF3N2O3. The fourth-order valence-corrected chi connectivity index (χ4v) is 2.33. The van der Waals surface area contributed by atoms with Gasteiger partial charge in [0.05, 0.1) is 19.3 Å². The smallest absolute Gasteiger partial charge is 0.416 e. The van der Waals surface area contributed by atoms with E-state index in [1.165, 1.54) is 25.3 Å². The first kappa shape index (κ1) is 22.6. The average Bonchev–Trinajstić information content (AvgIpc) is 2.61. The molecule has 0 radical (unpaired) electrons. The van der Waals surface area contributed by atoms with Gasteiger partial charge in [0, 0.05) is 17.8 Å². The van der Waals surface area contributed by atoms with Crippen molar-refractivity contribution in [3.8, 4) is 11.5 Å². The van der Waals surface area contributed by atoms with Gasteiger partial charge in [-0.15, -0.1) is 12.4 Å². The lowest BCUT2D eigenvalue weighted by Crippen LogP contribution is -2.14. The average molecular weight is 405 g/mol. The number of nitrogens with two attached hydrogens (primary N) is 1. The minimum atomic E-state index is -4.53. The van der Waals surface area contributed by atoms with Crippen LogP contribution in [0.2, 0.25) is 0 Å². The van der Waals surface area contributed by atoms with Crippen LogP contribution < -0.4 is 20.5 Å².